The molecule has 0 saturated heterocycles. The molecule has 5 heteroatoms. The molecule has 1 saturated carbocycles. The first-order valence-electron chi connectivity index (χ1n) is 8.10. The summed E-state index contributed by atoms with van der Waals surface area (Å²) in [7, 11) is 1.67. The fraction of sp³-hybridized carbons (Fsp3) is 0.750. The van der Waals surface area contributed by atoms with E-state index in [0.717, 1.165) is 30.4 Å². The molecule has 0 radical (unpaired) electrons. The van der Waals surface area contributed by atoms with Gasteiger partial charge in [0.15, 0.2) is 5.82 Å². The zero-order chi connectivity index (χ0) is 15.1. The lowest BCUT2D eigenvalue weighted by atomic mass is 9.86. The number of aromatic nitrogens is 2. The highest BCUT2D eigenvalue weighted by Crippen LogP contribution is 2.26. The van der Waals surface area contributed by atoms with Gasteiger partial charge in [0, 0.05) is 25.8 Å². The molecular formula is C16H28N4O. The van der Waals surface area contributed by atoms with Crippen molar-refractivity contribution in [1.29, 1.82) is 0 Å². The van der Waals surface area contributed by atoms with Gasteiger partial charge >= 0.3 is 0 Å². The van der Waals surface area contributed by atoms with E-state index in [-0.39, 0.29) is 0 Å². The average Bonchev–Trinajstić information content (AvgIpc) is 2.48. The van der Waals surface area contributed by atoms with Gasteiger partial charge in [-0.05, 0) is 25.2 Å². The predicted molar refractivity (Wildman–Crippen MR) is 86.6 cm³/mol. The quantitative estimate of drug-likeness (QED) is 0.806. The molecule has 21 heavy (non-hydrogen) atoms. The Morgan fingerprint density at radius 2 is 2.00 bits per heavy atom. The SMILES string of the molecule is CCCNc1cc(NC2CCCCC2C)nc(COC)n1. The minimum atomic E-state index is 0.441. The highest BCUT2D eigenvalue weighted by atomic mass is 16.5. The fourth-order valence-electron chi connectivity index (χ4n) is 2.83. The van der Waals surface area contributed by atoms with E-state index < -0.39 is 0 Å². The summed E-state index contributed by atoms with van der Waals surface area (Å²) in [5.74, 6) is 3.22. The Labute approximate surface area is 127 Å². The Balaban J connectivity index is 2.10. The summed E-state index contributed by atoms with van der Waals surface area (Å²) in [6.07, 6.45) is 6.25. The minimum Gasteiger partial charge on any atom is -0.377 e. The molecule has 0 spiro atoms. The zero-order valence-electron chi connectivity index (χ0n) is 13.5. The van der Waals surface area contributed by atoms with E-state index in [2.05, 4.69) is 34.4 Å². The lowest BCUT2D eigenvalue weighted by Crippen LogP contribution is -2.30. The number of anilines is 2. The molecule has 1 aromatic rings. The molecule has 1 heterocycles. The summed E-state index contributed by atoms with van der Waals surface area (Å²) < 4.78 is 5.17. The van der Waals surface area contributed by atoms with E-state index in [1.807, 2.05) is 6.07 Å². The Bertz CT molecular complexity index is 438. The fourth-order valence-corrected chi connectivity index (χ4v) is 2.83. The second kappa shape index (κ2) is 8.17. The predicted octanol–water partition coefficient (Wildman–Crippen LogP) is 3.44. The van der Waals surface area contributed by atoms with Crippen LogP contribution in [0, 0.1) is 5.92 Å². The van der Waals surface area contributed by atoms with Crippen LogP contribution in [0.4, 0.5) is 11.6 Å². The van der Waals surface area contributed by atoms with Gasteiger partial charge in [0.25, 0.3) is 0 Å². The highest BCUT2D eigenvalue weighted by Gasteiger charge is 2.21. The second-order valence-corrected chi connectivity index (χ2v) is 5.93. The van der Waals surface area contributed by atoms with Crippen LogP contribution >= 0.6 is 0 Å². The summed E-state index contributed by atoms with van der Waals surface area (Å²) in [5.41, 5.74) is 0. The van der Waals surface area contributed by atoms with Crippen molar-refractivity contribution in [2.24, 2.45) is 5.92 Å². The van der Waals surface area contributed by atoms with E-state index in [4.69, 9.17) is 4.74 Å². The number of nitrogens with one attached hydrogen (secondary N) is 2. The molecule has 1 aliphatic carbocycles. The minimum absolute atomic E-state index is 0.441. The van der Waals surface area contributed by atoms with Crippen LogP contribution in [-0.2, 0) is 11.3 Å². The molecule has 2 rings (SSSR count). The summed E-state index contributed by atoms with van der Waals surface area (Å²) >= 11 is 0. The standard InChI is InChI=1S/C16H28N4O/c1-4-9-17-14-10-15(20-16(19-14)11-21-3)18-13-8-6-5-7-12(13)2/h10,12-13H,4-9,11H2,1-3H3,(H2,17,18,19,20). The monoisotopic (exact) mass is 292 g/mol. The number of nitrogens with zero attached hydrogens (tertiary/aromatic N) is 2. The third-order valence-corrected chi connectivity index (χ3v) is 4.05. The first-order valence-corrected chi connectivity index (χ1v) is 8.10. The van der Waals surface area contributed by atoms with Crippen molar-refractivity contribution >= 4 is 11.6 Å². The van der Waals surface area contributed by atoms with Gasteiger partial charge in [0.05, 0.1) is 0 Å². The maximum atomic E-state index is 5.17. The molecule has 118 valence electrons. The van der Waals surface area contributed by atoms with Crippen LogP contribution in [0.3, 0.4) is 0 Å². The molecule has 5 nitrogen and oxygen atoms in total. The maximum absolute atomic E-state index is 5.17. The lowest BCUT2D eigenvalue weighted by molar-refractivity contribution is 0.178. The summed E-state index contributed by atoms with van der Waals surface area (Å²) in [6.45, 7) is 5.83. The van der Waals surface area contributed by atoms with Crippen LogP contribution < -0.4 is 10.6 Å². The van der Waals surface area contributed by atoms with Gasteiger partial charge in [-0.2, -0.15) is 0 Å². The van der Waals surface area contributed by atoms with Crippen LogP contribution in [0.5, 0.6) is 0 Å². The van der Waals surface area contributed by atoms with Gasteiger partial charge in [-0.15, -0.1) is 0 Å². The first kappa shape index (κ1) is 16.0. The Hall–Kier alpha value is -1.36. The Kier molecular flexibility index (Phi) is 6.23. The molecule has 1 aromatic heterocycles. The first-order chi connectivity index (χ1) is 10.2. The van der Waals surface area contributed by atoms with Crippen molar-refractivity contribution in [3.05, 3.63) is 11.9 Å². The topological polar surface area (TPSA) is 59.1 Å². The van der Waals surface area contributed by atoms with Crippen LogP contribution in [0.25, 0.3) is 0 Å². The smallest absolute Gasteiger partial charge is 0.158 e. The van der Waals surface area contributed by atoms with Crippen molar-refractivity contribution in [3.63, 3.8) is 0 Å². The van der Waals surface area contributed by atoms with Gasteiger partial charge in [0.1, 0.15) is 18.2 Å². The van der Waals surface area contributed by atoms with Crippen molar-refractivity contribution < 1.29 is 4.74 Å². The number of hydrogen-bond donors (Lipinski definition) is 2. The average molecular weight is 292 g/mol. The second-order valence-electron chi connectivity index (χ2n) is 5.93. The molecule has 1 fully saturated rings. The maximum Gasteiger partial charge on any atom is 0.158 e. The normalized spacial score (nSPS) is 22.0. The van der Waals surface area contributed by atoms with E-state index in [1.54, 1.807) is 7.11 Å². The molecular weight excluding hydrogens is 264 g/mol. The summed E-state index contributed by atoms with van der Waals surface area (Å²) in [5, 5.41) is 6.93. The molecule has 2 N–H and O–H groups in total. The van der Waals surface area contributed by atoms with Crippen molar-refractivity contribution in [3.8, 4) is 0 Å². The van der Waals surface area contributed by atoms with E-state index in [1.165, 1.54) is 25.7 Å². The highest BCUT2D eigenvalue weighted by molar-refractivity contribution is 5.48. The largest absolute Gasteiger partial charge is 0.377 e. The molecule has 2 unspecified atom stereocenters. The molecule has 0 bridgehead atoms. The molecule has 2 atom stereocenters. The van der Waals surface area contributed by atoms with Gasteiger partial charge in [0.2, 0.25) is 0 Å². The van der Waals surface area contributed by atoms with Crippen LogP contribution in [0.15, 0.2) is 6.07 Å². The zero-order valence-corrected chi connectivity index (χ0v) is 13.5. The Morgan fingerprint density at radius 1 is 1.24 bits per heavy atom. The molecule has 1 aliphatic rings. The molecule has 0 amide bonds. The van der Waals surface area contributed by atoms with Crippen molar-refractivity contribution in [1.82, 2.24) is 9.97 Å². The third kappa shape index (κ3) is 4.84. The van der Waals surface area contributed by atoms with Gasteiger partial charge < -0.3 is 15.4 Å². The molecule has 0 aromatic carbocycles. The van der Waals surface area contributed by atoms with Gasteiger partial charge in [-0.25, -0.2) is 9.97 Å². The number of rotatable bonds is 7. The Morgan fingerprint density at radius 3 is 2.71 bits per heavy atom. The third-order valence-electron chi connectivity index (χ3n) is 4.05. The van der Waals surface area contributed by atoms with E-state index in [9.17, 15) is 0 Å². The number of methoxy groups -OCH3 is 1. The number of hydrogen-bond acceptors (Lipinski definition) is 5. The van der Waals surface area contributed by atoms with Gasteiger partial charge in [-0.1, -0.05) is 26.7 Å². The van der Waals surface area contributed by atoms with Crippen LogP contribution in [0.1, 0.15) is 51.8 Å². The summed E-state index contributed by atoms with van der Waals surface area (Å²) in [4.78, 5) is 9.06. The van der Waals surface area contributed by atoms with Gasteiger partial charge in [-0.3, -0.25) is 0 Å². The molecule has 0 aliphatic heterocycles. The number of ether oxygens (including phenoxy) is 1. The van der Waals surface area contributed by atoms with Crippen molar-refractivity contribution in [2.75, 3.05) is 24.3 Å². The van der Waals surface area contributed by atoms with E-state index in [0.29, 0.717) is 18.6 Å². The van der Waals surface area contributed by atoms with Crippen molar-refractivity contribution in [2.45, 2.75) is 58.6 Å². The summed E-state index contributed by atoms with van der Waals surface area (Å²) in [6, 6.07) is 2.53. The lowest BCUT2D eigenvalue weighted by Gasteiger charge is -2.30. The van der Waals surface area contributed by atoms with Crippen LogP contribution in [-0.4, -0.2) is 29.7 Å². The van der Waals surface area contributed by atoms with E-state index >= 15 is 0 Å². The van der Waals surface area contributed by atoms with Crippen LogP contribution in [0.2, 0.25) is 0 Å².